The summed E-state index contributed by atoms with van der Waals surface area (Å²) < 4.78 is 4.65. The lowest BCUT2D eigenvalue weighted by atomic mass is 10.1. The number of carbonyl (C=O) groups excluding carboxylic acids is 4. The van der Waals surface area contributed by atoms with Crippen LogP contribution >= 0.6 is 11.8 Å². The van der Waals surface area contributed by atoms with E-state index in [-0.39, 0.29) is 17.4 Å². The van der Waals surface area contributed by atoms with Gasteiger partial charge >= 0.3 is 5.97 Å². The third kappa shape index (κ3) is 4.42. The smallest absolute Gasteiger partial charge is 0.337 e. The number of hydrogen-bond acceptors (Lipinski definition) is 7. The fraction of sp³-hybridized carbons (Fsp3) is 0.368. The summed E-state index contributed by atoms with van der Waals surface area (Å²) in [6, 6.07) is 6.49. The first-order chi connectivity index (χ1) is 13.4. The molecule has 2 aliphatic heterocycles. The van der Waals surface area contributed by atoms with Crippen molar-refractivity contribution < 1.29 is 23.9 Å². The van der Waals surface area contributed by atoms with Crippen LogP contribution in [0.5, 0.6) is 0 Å². The molecular weight excluding hydrogens is 382 g/mol. The first kappa shape index (κ1) is 20.1. The molecule has 0 unspecified atom stereocenters. The van der Waals surface area contributed by atoms with Crippen molar-refractivity contribution in [2.24, 2.45) is 0 Å². The molecule has 28 heavy (non-hydrogen) atoms. The first-order valence-corrected chi connectivity index (χ1v) is 9.61. The number of likely N-dealkylation sites (N-methyl/N-ethyl adjacent to an activating group) is 1. The van der Waals surface area contributed by atoms with Crippen molar-refractivity contribution >= 4 is 40.9 Å². The largest absolute Gasteiger partial charge is 0.465 e. The van der Waals surface area contributed by atoms with Crippen molar-refractivity contribution in [3.63, 3.8) is 0 Å². The van der Waals surface area contributed by atoms with Crippen LogP contribution in [0.25, 0.3) is 6.08 Å². The Morgan fingerprint density at radius 1 is 1.11 bits per heavy atom. The number of nitrogens with zero attached hydrogens (tertiary/aromatic N) is 3. The van der Waals surface area contributed by atoms with Gasteiger partial charge < -0.3 is 14.5 Å². The number of imide groups is 1. The fourth-order valence-corrected chi connectivity index (χ4v) is 3.75. The Bertz CT molecular complexity index is 828. The number of hydrogen-bond donors (Lipinski definition) is 0. The summed E-state index contributed by atoms with van der Waals surface area (Å²) in [5, 5.41) is -0.454. The maximum Gasteiger partial charge on any atom is 0.337 e. The van der Waals surface area contributed by atoms with Gasteiger partial charge in [0, 0.05) is 26.2 Å². The van der Waals surface area contributed by atoms with Crippen LogP contribution in [0.4, 0.5) is 4.79 Å². The molecule has 0 saturated carbocycles. The second kappa shape index (κ2) is 8.57. The highest BCUT2D eigenvalue weighted by atomic mass is 32.2. The molecule has 0 radical (unpaired) electrons. The van der Waals surface area contributed by atoms with E-state index >= 15 is 0 Å². The zero-order chi connectivity index (χ0) is 20.3. The molecule has 3 rings (SSSR count). The molecule has 0 N–H and O–H groups in total. The van der Waals surface area contributed by atoms with E-state index in [9.17, 15) is 19.2 Å². The number of benzene rings is 1. The van der Waals surface area contributed by atoms with Crippen LogP contribution in [0.15, 0.2) is 29.2 Å². The molecule has 0 aliphatic carbocycles. The minimum atomic E-state index is -0.477. The van der Waals surface area contributed by atoms with E-state index in [1.165, 1.54) is 7.11 Å². The number of methoxy groups -OCH3 is 1. The van der Waals surface area contributed by atoms with Crippen molar-refractivity contribution in [3.8, 4) is 0 Å². The van der Waals surface area contributed by atoms with Gasteiger partial charge in [0.05, 0.1) is 17.6 Å². The lowest BCUT2D eigenvalue weighted by Gasteiger charge is -2.33. The number of piperazine rings is 1. The van der Waals surface area contributed by atoms with E-state index in [2.05, 4.69) is 9.64 Å². The van der Waals surface area contributed by atoms with Crippen LogP contribution in [0.3, 0.4) is 0 Å². The summed E-state index contributed by atoms with van der Waals surface area (Å²) in [4.78, 5) is 53.7. The van der Waals surface area contributed by atoms with E-state index < -0.39 is 17.1 Å². The quantitative estimate of drug-likeness (QED) is 0.553. The molecule has 148 valence electrons. The van der Waals surface area contributed by atoms with Crippen molar-refractivity contribution in [2.45, 2.75) is 0 Å². The van der Waals surface area contributed by atoms with Gasteiger partial charge in [0.2, 0.25) is 5.91 Å². The molecule has 2 aliphatic rings. The van der Waals surface area contributed by atoms with Gasteiger partial charge in [-0.3, -0.25) is 19.3 Å². The van der Waals surface area contributed by atoms with Gasteiger partial charge in [-0.15, -0.1) is 0 Å². The van der Waals surface area contributed by atoms with Crippen molar-refractivity contribution in [1.29, 1.82) is 0 Å². The maximum absolute atomic E-state index is 12.6. The molecule has 2 saturated heterocycles. The van der Waals surface area contributed by atoms with Crippen LogP contribution in [0.1, 0.15) is 15.9 Å². The summed E-state index contributed by atoms with van der Waals surface area (Å²) >= 11 is 0.809. The molecule has 1 aromatic rings. The summed E-state index contributed by atoms with van der Waals surface area (Å²) in [7, 11) is 3.29. The third-order valence-corrected chi connectivity index (χ3v) is 5.56. The maximum atomic E-state index is 12.6. The van der Waals surface area contributed by atoms with Gasteiger partial charge in [0.25, 0.3) is 11.1 Å². The van der Waals surface area contributed by atoms with Crippen LogP contribution in [-0.2, 0) is 14.3 Å². The lowest BCUT2D eigenvalue weighted by molar-refractivity contribution is -0.137. The summed E-state index contributed by atoms with van der Waals surface area (Å²) in [6.07, 6.45) is 1.58. The van der Waals surface area contributed by atoms with Gasteiger partial charge in [-0.25, -0.2) is 4.79 Å². The van der Waals surface area contributed by atoms with E-state index in [1.807, 2.05) is 7.05 Å². The van der Waals surface area contributed by atoms with Gasteiger partial charge in [0.1, 0.15) is 6.54 Å². The molecular formula is C19H21N3O5S. The minimum Gasteiger partial charge on any atom is -0.465 e. The zero-order valence-electron chi connectivity index (χ0n) is 15.7. The van der Waals surface area contributed by atoms with Crippen LogP contribution < -0.4 is 0 Å². The summed E-state index contributed by atoms with van der Waals surface area (Å²) in [6.45, 7) is 2.49. The molecule has 3 amide bonds. The topological polar surface area (TPSA) is 87.2 Å². The number of amides is 3. The Morgan fingerprint density at radius 3 is 2.36 bits per heavy atom. The Hall–Kier alpha value is -2.65. The lowest BCUT2D eigenvalue weighted by Crippen LogP contribution is -2.50. The molecule has 2 fully saturated rings. The fourth-order valence-electron chi connectivity index (χ4n) is 2.91. The number of thioether (sulfide) groups is 1. The Balaban J connectivity index is 1.66. The number of carbonyl (C=O) groups is 4. The molecule has 0 spiro atoms. The number of esters is 1. The average Bonchev–Trinajstić information content (AvgIpc) is 2.95. The highest BCUT2D eigenvalue weighted by Crippen LogP contribution is 2.32. The Kier molecular flexibility index (Phi) is 6.15. The second-order valence-corrected chi connectivity index (χ2v) is 7.56. The highest BCUT2D eigenvalue weighted by Gasteiger charge is 2.37. The molecule has 0 aromatic heterocycles. The third-order valence-electron chi connectivity index (χ3n) is 4.65. The van der Waals surface area contributed by atoms with E-state index in [0.717, 1.165) is 29.8 Å². The molecule has 0 atom stereocenters. The second-order valence-electron chi connectivity index (χ2n) is 6.57. The van der Waals surface area contributed by atoms with Crippen LogP contribution in [-0.4, -0.2) is 84.6 Å². The minimum absolute atomic E-state index is 0.223. The zero-order valence-corrected chi connectivity index (χ0v) is 16.5. The Labute approximate surface area is 167 Å². The standard InChI is InChI=1S/C19H21N3O5S/c1-20-7-9-21(10-8-20)16(23)12-22-17(24)15(28-19(22)26)11-13-3-5-14(6-4-13)18(25)27-2/h3-6,11H,7-10,12H2,1-2H3/b15-11+. The summed E-state index contributed by atoms with van der Waals surface area (Å²) in [5.41, 5.74) is 1.06. The van der Waals surface area contributed by atoms with Crippen LogP contribution in [0, 0.1) is 0 Å². The van der Waals surface area contributed by atoms with E-state index in [1.54, 1.807) is 35.2 Å². The van der Waals surface area contributed by atoms with Gasteiger partial charge in [-0.05, 0) is 42.6 Å². The normalized spacial score (nSPS) is 19.4. The molecule has 8 nitrogen and oxygen atoms in total. The predicted octanol–water partition coefficient (Wildman–Crippen LogP) is 1.28. The van der Waals surface area contributed by atoms with Crippen molar-refractivity contribution in [2.75, 3.05) is 46.9 Å². The monoisotopic (exact) mass is 403 g/mol. The molecule has 2 heterocycles. The molecule has 9 heteroatoms. The van der Waals surface area contributed by atoms with Gasteiger partial charge in [-0.1, -0.05) is 12.1 Å². The van der Waals surface area contributed by atoms with Gasteiger partial charge in [-0.2, -0.15) is 0 Å². The molecule has 1 aromatic carbocycles. The van der Waals surface area contributed by atoms with Gasteiger partial charge in [0.15, 0.2) is 0 Å². The van der Waals surface area contributed by atoms with Crippen LogP contribution in [0.2, 0.25) is 0 Å². The SMILES string of the molecule is COC(=O)c1ccc(/C=C2/SC(=O)N(CC(=O)N3CCN(C)CC3)C2=O)cc1. The number of rotatable bonds is 4. The highest BCUT2D eigenvalue weighted by molar-refractivity contribution is 8.18. The van der Waals surface area contributed by atoms with Crippen molar-refractivity contribution in [3.05, 3.63) is 40.3 Å². The number of ether oxygens (including phenoxy) is 1. The average molecular weight is 403 g/mol. The summed E-state index contributed by atoms with van der Waals surface area (Å²) in [5.74, 6) is -1.15. The Morgan fingerprint density at radius 2 is 1.75 bits per heavy atom. The van der Waals surface area contributed by atoms with Crippen molar-refractivity contribution in [1.82, 2.24) is 14.7 Å². The van der Waals surface area contributed by atoms with E-state index in [0.29, 0.717) is 24.2 Å². The predicted molar refractivity (Wildman–Crippen MR) is 105 cm³/mol. The molecule has 0 bridgehead atoms. The van der Waals surface area contributed by atoms with E-state index in [4.69, 9.17) is 0 Å². The first-order valence-electron chi connectivity index (χ1n) is 8.79.